The summed E-state index contributed by atoms with van der Waals surface area (Å²) in [6, 6.07) is 11.5. The zero-order chi connectivity index (χ0) is 27.3. The van der Waals surface area contributed by atoms with Crippen molar-refractivity contribution in [3.8, 4) is 11.6 Å². The number of aromatic nitrogens is 1. The van der Waals surface area contributed by atoms with Crippen LogP contribution in [0.1, 0.15) is 11.1 Å². The number of para-hydroxylation sites is 1. The third-order valence-electron chi connectivity index (χ3n) is 5.28. The van der Waals surface area contributed by atoms with Crippen molar-refractivity contribution in [3.05, 3.63) is 53.6 Å². The van der Waals surface area contributed by atoms with Gasteiger partial charge < -0.3 is 35.0 Å². The number of fused-ring (bicyclic) bond motifs is 1. The van der Waals surface area contributed by atoms with Crippen LogP contribution in [0.25, 0.3) is 10.9 Å². The van der Waals surface area contributed by atoms with Crippen molar-refractivity contribution in [2.45, 2.75) is 13.8 Å². The summed E-state index contributed by atoms with van der Waals surface area (Å²) in [6.07, 6.45) is 0. The summed E-state index contributed by atoms with van der Waals surface area (Å²) in [5, 5.41) is 37.8. The average Bonchev–Trinajstić information content (AvgIpc) is 2.77. The highest BCUT2D eigenvalue weighted by Gasteiger charge is 2.22. The van der Waals surface area contributed by atoms with E-state index in [0.29, 0.717) is 16.5 Å². The summed E-state index contributed by atoms with van der Waals surface area (Å²) in [5.41, 5.74) is 2.15. The van der Waals surface area contributed by atoms with Crippen molar-refractivity contribution < 1.29 is 44.3 Å². The highest BCUT2D eigenvalue weighted by Crippen LogP contribution is 2.36. The summed E-state index contributed by atoms with van der Waals surface area (Å²) in [4.78, 5) is 52.4. The van der Waals surface area contributed by atoms with Gasteiger partial charge >= 0.3 is 23.9 Å². The van der Waals surface area contributed by atoms with Crippen molar-refractivity contribution in [1.29, 1.82) is 0 Å². The lowest BCUT2D eigenvalue weighted by molar-refractivity contribution is -0.138. The number of carboxylic acids is 4. The number of aliphatic carboxylic acids is 4. The van der Waals surface area contributed by atoms with E-state index in [1.807, 2.05) is 0 Å². The molecule has 0 atom stereocenters. The van der Waals surface area contributed by atoms with Crippen LogP contribution in [0, 0.1) is 13.8 Å². The molecule has 0 saturated heterocycles. The molecule has 0 radical (unpaired) electrons. The van der Waals surface area contributed by atoms with Gasteiger partial charge in [-0.1, -0.05) is 18.2 Å². The molecular formula is C25H25N3O9. The maximum Gasteiger partial charge on any atom is 0.323 e. The Kier molecular flexibility index (Phi) is 8.12. The molecule has 0 fully saturated rings. The molecule has 194 valence electrons. The van der Waals surface area contributed by atoms with Crippen molar-refractivity contribution >= 4 is 46.2 Å². The Balaban J connectivity index is 2.12. The van der Waals surface area contributed by atoms with Crippen LogP contribution in [-0.2, 0) is 19.2 Å². The summed E-state index contributed by atoms with van der Waals surface area (Å²) in [6.45, 7) is 1.20. The summed E-state index contributed by atoms with van der Waals surface area (Å²) in [5.74, 6) is -4.62. The number of carboxylic acid groups (broad SMARTS) is 4. The van der Waals surface area contributed by atoms with Crippen LogP contribution in [0.2, 0.25) is 0 Å². The molecule has 0 aliphatic rings. The summed E-state index contributed by atoms with van der Waals surface area (Å²) >= 11 is 0. The first-order valence-corrected chi connectivity index (χ1v) is 11.0. The molecule has 12 nitrogen and oxygen atoms in total. The molecule has 3 aromatic rings. The number of ether oxygens (including phenoxy) is 1. The highest BCUT2D eigenvalue weighted by atomic mass is 16.5. The van der Waals surface area contributed by atoms with Gasteiger partial charge in [-0.25, -0.2) is 4.98 Å². The maximum absolute atomic E-state index is 11.4. The van der Waals surface area contributed by atoms with Crippen LogP contribution in [-0.4, -0.2) is 75.5 Å². The minimum atomic E-state index is -1.23. The number of nitrogens with zero attached hydrogens (tertiary/aromatic N) is 3. The van der Waals surface area contributed by atoms with Gasteiger partial charge in [-0.05, 0) is 43.7 Å². The first kappa shape index (κ1) is 26.7. The van der Waals surface area contributed by atoms with Crippen LogP contribution in [0.3, 0.4) is 0 Å². The first-order chi connectivity index (χ1) is 17.4. The quantitative estimate of drug-likeness (QED) is 0.280. The smallest absolute Gasteiger partial charge is 0.323 e. The number of hydrogen-bond donors (Lipinski definition) is 4. The van der Waals surface area contributed by atoms with Crippen LogP contribution in [0.15, 0.2) is 42.5 Å². The van der Waals surface area contributed by atoms with Crippen LogP contribution in [0.4, 0.5) is 11.4 Å². The Morgan fingerprint density at radius 1 is 0.757 bits per heavy atom. The predicted molar refractivity (Wildman–Crippen MR) is 133 cm³/mol. The van der Waals surface area contributed by atoms with Crippen molar-refractivity contribution in [2.24, 2.45) is 0 Å². The van der Waals surface area contributed by atoms with Crippen molar-refractivity contribution in [1.82, 2.24) is 4.98 Å². The molecule has 12 heteroatoms. The van der Waals surface area contributed by atoms with Gasteiger partial charge in [-0.2, -0.15) is 0 Å². The predicted octanol–water partition coefficient (Wildman–Crippen LogP) is 2.60. The Morgan fingerprint density at radius 3 is 1.84 bits per heavy atom. The van der Waals surface area contributed by atoms with E-state index in [0.717, 1.165) is 10.5 Å². The van der Waals surface area contributed by atoms with E-state index in [1.54, 1.807) is 56.3 Å². The van der Waals surface area contributed by atoms with Crippen LogP contribution >= 0.6 is 0 Å². The Bertz CT molecular complexity index is 1340. The molecule has 1 heterocycles. The SMILES string of the molecule is Cc1ccc(N(CC(=O)O)CC(=O)O)c(Oc2nc3c(N(CC(=O)O)CC(=O)O)cccc3cc2C)c1. The maximum atomic E-state index is 11.4. The third-order valence-corrected chi connectivity index (χ3v) is 5.28. The Morgan fingerprint density at radius 2 is 1.30 bits per heavy atom. The molecule has 4 N–H and O–H groups in total. The van der Waals surface area contributed by atoms with Gasteiger partial charge in [-0.3, -0.25) is 19.2 Å². The number of aryl methyl sites for hydroxylation is 2. The highest BCUT2D eigenvalue weighted by molar-refractivity contribution is 5.94. The van der Waals surface area contributed by atoms with E-state index in [9.17, 15) is 39.6 Å². The van der Waals surface area contributed by atoms with Gasteiger partial charge in [0.25, 0.3) is 0 Å². The van der Waals surface area contributed by atoms with E-state index >= 15 is 0 Å². The average molecular weight is 511 g/mol. The van der Waals surface area contributed by atoms with E-state index < -0.39 is 50.1 Å². The number of pyridine rings is 1. The zero-order valence-electron chi connectivity index (χ0n) is 20.0. The van der Waals surface area contributed by atoms with E-state index in [-0.39, 0.29) is 23.0 Å². The van der Waals surface area contributed by atoms with E-state index in [2.05, 4.69) is 4.98 Å². The van der Waals surface area contributed by atoms with E-state index in [4.69, 9.17) is 4.74 Å². The van der Waals surface area contributed by atoms with Gasteiger partial charge in [-0.15, -0.1) is 0 Å². The lowest BCUT2D eigenvalue weighted by atomic mass is 10.1. The fraction of sp³-hybridized carbons (Fsp3) is 0.240. The number of anilines is 2. The molecular weight excluding hydrogens is 486 g/mol. The van der Waals surface area contributed by atoms with Crippen LogP contribution < -0.4 is 14.5 Å². The molecule has 0 amide bonds. The second-order valence-electron chi connectivity index (χ2n) is 8.32. The number of carbonyl (C=O) groups is 4. The van der Waals surface area contributed by atoms with Crippen molar-refractivity contribution in [2.75, 3.05) is 36.0 Å². The van der Waals surface area contributed by atoms with E-state index in [1.165, 1.54) is 4.90 Å². The van der Waals surface area contributed by atoms with Gasteiger partial charge in [0.1, 0.15) is 26.2 Å². The molecule has 0 aliphatic heterocycles. The zero-order valence-corrected chi connectivity index (χ0v) is 20.0. The number of benzene rings is 2. The molecule has 1 aromatic heterocycles. The lowest BCUT2D eigenvalue weighted by Crippen LogP contribution is -2.34. The molecule has 37 heavy (non-hydrogen) atoms. The normalized spacial score (nSPS) is 10.6. The Hall–Kier alpha value is -4.87. The molecule has 3 rings (SSSR count). The molecule has 0 unspecified atom stereocenters. The molecule has 2 aromatic carbocycles. The van der Waals surface area contributed by atoms with Gasteiger partial charge in [0.05, 0.1) is 16.9 Å². The summed E-state index contributed by atoms with van der Waals surface area (Å²) < 4.78 is 6.08. The number of hydrogen-bond acceptors (Lipinski definition) is 8. The van der Waals surface area contributed by atoms with Crippen molar-refractivity contribution in [3.63, 3.8) is 0 Å². The fourth-order valence-corrected chi connectivity index (χ4v) is 3.80. The molecule has 0 aliphatic carbocycles. The number of rotatable bonds is 12. The third kappa shape index (κ3) is 6.84. The summed E-state index contributed by atoms with van der Waals surface area (Å²) in [7, 11) is 0. The first-order valence-electron chi connectivity index (χ1n) is 11.0. The van der Waals surface area contributed by atoms with Gasteiger partial charge in [0.15, 0.2) is 5.75 Å². The fourth-order valence-electron chi connectivity index (χ4n) is 3.80. The second-order valence-corrected chi connectivity index (χ2v) is 8.32. The topological polar surface area (TPSA) is 178 Å². The Labute approximate surface area is 210 Å². The van der Waals surface area contributed by atoms with Gasteiger partial charge in [0.2, 0.25) is 5.88 Å². The molecule has 0 spiro atoms. The lowest BCUT2D eigenvalue weighted by Gasteiger charge is -2.24. The molecule has 0 saturated carbocycles. The standard InChI is InChI=1S/C25H25N3O9/c1-14-6-7-17(27(10-20(29)30)11-21(31)32)19(8-14)37-25-15(2)9-16-4-3-5-18(24(16)26-25)28(12-22(33)34)13-23(35)36/h3-9H,10-13H2,1-2H3,(H,29,30)(H,31,32)(H,33,34)(H,35,36). The van der Waals surface area contributed by atoms with Crippen LogP contribution in [0.5, 0.6) is 11.6 Å². The molecule has 0 bridgehead atoms. The monoisotopic (exact) mass is 511 g/mol. The minimum Gasteiger partial charge on any atom is -0.480 e. The second kappa shape index (κ2) is 11.2. The minimum absolute atomic E-state index is 0.100. The van der Waals surface area contributed by atoms with Gasteiger partial charge in [0, 0.05) is 10.9 Å². The largest absolute Gasteiger partial charge is 0.480 e.